The maximum atomic E-state index is 10.3. The van der Waals surface area contributed by atoms with E-state index >= 15 is 0 Å². The second kappa shape index (κ2) is 5.61. The van der Waals surface area contributed by atoms with Crippen molar-refractivity contribution < 1.29 is 19.2 Å². The minimum absolute atomic E-state index is 0.689. The van der Waals surface area contributed by atoms with Crippen LogP contribution in [0.1, 0.15) is 0 Å². The number of nitrogens with zero attached hydrogens (tertiary/aromatic N) is 2. The van der Waals surface area contributed by atoms with E-state index in [1.807, 2.05) is 0 Å². The first kappa shape index (κ1) is 9.84. The molecule has 0 unspecified atom stereocenters. The van der Waals surface area contributed by atoms with Gasteiger partial charge in [0, 0.05) is 12.2 Å². The summed E-state index contributed by atoms with van der Waals surface area (Å²) in [6.07, 6.45) is 3.33. The molecule has 0 aromatic rings. The van der Waals surface area contributed by atoms with E-state index in [0.717, 1.165) is 12.2 Å². The molecule has 60 valence electrons. The van der Waals surface area contributed by atoms with Gasteiger partial charge in [0.15, 0.2) is 0 Å². The monoisotopic (exact) mass is 166 g/mol. The molecule has 0 spiro atoms. The van der Waals surface area contributed by atoms with E-state index in [0.29, 0.717) is 12.2 Å². The Labute approximate surface area is 66.3 Å². The molecule has 0 radical (unpaired) electrons. The van der Waals surface area contributed by atoms with Crippen LogP contribution in [0.3, 0.4) is 0 Å². The van der Waals surface area contributed by atoms with Crippen molar-refractivity contribution in [1.29, 1.82) is 0 Å². The molecule has 12 heavy (non-hydrogen) atoms. The number of hydrogen-bond donors (Lipinski definition) is 0. The van der Waals surface area contributed by atoms with Crippen LogP contribution in [0.4, 0.5) is 0 Å². The van der Waals surface area contributed by atoms with E-state index in [2.05, 4.69) is 9.98 Å². The summed E-state index contributed by atoms with van der Waals surface area (Å²) < 4.78 is 0. The van der Waals surface area contributed by atoms with Crippen LogP contribution in [0, 0.1) is 0 Å². The van der Waals surface area contributed by atoms with Crippen molar-refractivity contribution in [2.75, 3.05) is 0 Å². The van der Waals surface area contributed by atoms with Gasteiger partial charge in [0.25, 0.3) is 11.8 Å². The molecule has 0 aliphatic rings. The Kier molecular flexibility index (Phi) is 4.60. The van der Waals surface area contributed by atoms with Gasteiger partial charge in [0.2, 0.25) is 12.2 Å². The number of isocyanates is 2. The smallest absolute Gasteiger partial charge is 0.267 e. The van der Waals surface area contributed by atoms with E-state index in [1.54, 1.807) is 0 Å². The molecule has 0 bridgehead atoms. The van der Waals surface area contributed by atoms with Crippen LogP contribution in [0.25, 0.3) is 0 Å². The third-order valence-electron chi connectivity index (χ3n) is 0.680. The summed E-state index contributed by atoms with van der Waals surface area (Å²) in [6, 6.07) is 0. The molecule has 0 atom stereocenters. The number of carbonyl (C=O) groups is 2. The lowest BCUT2D eigenvalue weighted by Crippen LogP contribution is -1.89. The van der Waals surface area contributed by atoms with Crippen molar-refractivity contribution in [3.05, 3.63) is 12.2 Å². The molecule has 0 aliphatic carbocycles. The van der Waals surface area contributed by atoms with Gasteiger partial charge in [-0.1, -0.05) is 0 Å². The Morgan fingerprint density at radius 1 is 0.917 bits per heavy atom. The van der Waals surface area contributed by atoms with Crippen molar-refractivity contribution in [2.45, 2.75) is 0 Å². The van der Waals surface area contributed by atoms with Gasteiger partial charge in [0.1, 0.15) is 0 Å². The zero-order chi connectivity index (χ0) is 9.40. The van der Waals surface area contributed by atoms with Crippen LogP contribution in [0.15, 0.2) is 22.1 Å². The minimum atomic E-state index is -0.945. The zero-order valence-corrected chi connectivity index (χ0v) is 5.68. The highest BCUT2D eigenvalue weighted by Crippen LogP contribution is 1.80. The topological polar surface area (TPSA) is 93.0 Å². The quantitative estimate of drug-likeness (QED) is 0.307. The molecule has 0 N–H and O–H groups in total. The second-order valence-corrected chi connectivity index (χ2v) is 1.42. The van der Waals surface area contributed by atoms with Crippen LogP contribution in [-0.2, 0) is 19.2 Å². The van der Waals surface area contributed by atoms with Gasteiger partial charge in [-0.15, -0.1) is 9.98 Å². The minimum Gasteiger partial charge on any atom is -0.267 e. The summed E-state index contributed by atoms with van der Waals surface area (Å²) in [7, 11) is 0. The molecular formula is C6H2N2O4. The summed E-state index contributed by atoms with van der Waals surface area (Å²) in [5.41, 5.74) is 0. The Bertz CT molecular complexity index is 286. The molecule has 0 heterocycles. The van der Waals surface area contributed by atoms with Gasteiger partial charge >= 0.3 is 0 Å². The highest BCUT2D eigenvalue weighted by molar-refractivity contribution is 5.99. The molecule has 0 rings (SSSR count). The number of carbonyl (C=O) groups excluding carboxylic acids is 4. The molecule has 0 aromatic heterocycles. The van der Waals surface area contributed by atoms with Gasteiger partial charge in [-0.05, 0) is 0 Å². The van der Waals surface area contributed by atoms with Gasteiger partial charge in [0.05, 0.1) is 0 Å². The van der Waals surface area contributed by atoms with Crippen molar-refractivity contribution in [3.63, 3.8) is 0 Å². The van der Waals surface area contributed by atoms with Crippen molar-refractivity contribution in [1.82, 2.24) is 0 Å². The lowest BCUT2D eigenvalue weighted by Gasteiger charge is -1.75. The summed E-state index contributed by atoms with van der Waals surface area (Å²) in [4.78, 5) is 44.9. The van der Waals surface area contributed by atoms with Gasteiger partial charge in [-0.25, -0.2) is 9.59 Å². The largest absolute Gasteiger partial charge is 0.280 e. The van der Waals surface area contributed by atoms with Crippen LogP contribution < -0.4 is 0 Å². The number of hydrogen-bond acceptors (Lipinski definition) is 4. The molecule has 0 saturated carbocycles. The molecule has 6 nitrogen and oxygen atoms in total. The Morgan fingerprint density at radius 2 is 1.25 bits per heavy atom. The molecule has 0 fully saturated rings. The van der Waals surface area contributed by atoms with Gasteiger partial charge in [-0.3, -0.25) is 9.59 Å². The predicted molar refractivity (Wildman–Crippen MR) is 35.4 cm³/mol. The van der Waals surface area contributed by atoms with E-state index in [-0.39, 0.29) is 0 Å². The first-order valence-electron chi connectivity index (χ1n) is 2.62. The highest BCUT2D eigenvalue weighted by Gasteiger charge is 1.93. The molecule has 6 heteroatoms. The van der Waals surface area contributed by atoms with Crippen molar-refractivity contribution >= 4 is 24.0 Å². The third kappa shape index (κ3) is 4.69. The van der Waals surface area contributed by atoms with E-state index < -0.39 is 11.8 Å². The molecule has 0 saturated heterocycles. The lowest BCUT2D eigenvalue weighted by molar-refractivity contribution is -0.115. The highest BCUT2D eigenvalue weighted by atomic mass is 16.2. The first-order chi connectivity index (χ1) is 5.70. The number of rotatable bonds is 2. The van der Waals surface area contributed by atoms with E-state index in [4.69, 9.17) is 0 Å². The molecular weight excluding hydrogens is 164 g/mol. The summed E-state index contributed by atoms with van der Waals surface area (Å²) in [6.45, 7) is 0. The van der Waals surface area contributed by atoms with Gasteiger partial charge in [-0.2, -0.15) is 0 Å². The maximum absolute atomic E-state index is 10.3. The fraction of sp³-hybridized carbons (Fsp3) is 0. The molecule has 0 aliphatic heterocycles. The summed E-state index contributed by atoms with van der Waals surface area (Å²) in [5, 5.41) is 0. The van der Waals surface area contributed by atoms with E-state index in [9.17, 15) is 19.2 Å². The second-order valence-electron chi connectivity index (χ2n) is 1.42. The molecule has 0 aromatic carbocycles. The number of amides is 2. The Morgan fingerprint density at radius 3 is 1.50 bits per heavy atom. The Hall–Kier alpha value is -2.16. The fourth-order valence-corrected chi connectivity index (χ4v) is 0.307. The average molecular weight is 166 g/mol. The SMILES string of the molecule is O=C=NC(=O)C=CC(=O)N=C=O. The van der Waals surface area contributed by atoms with Crippen LogP contribution in [0.2, 0.25) is 0 Å². The lowest BCUT2D eigenvalue weighted by atomic mass is 10.4. The van der Waals surface area contributed by atoms with Crippen LogP contribution >= 0.6 is 0 Å². The average Bonchev–Trinajstić information content (AvgIpc) is 2.02. The third-order valence-corrected chi connectivity index (χ3v) is 0.680. The fourth-order valence-electron chi connectivity index (χ4n) is 0.307. The standard InChI is InChI=1S/C6H2N2O4/c9-3-7-5(11)1-2-6(12)8-4-10/h1-2H. The zero-order valence-electron chi connectivity index (χ0n) is 5.68. The molecule has 2 amide bonds. The summed E-state index contributed by atoms with van der Waals surface area (Å²) >= 11 is 0. The number of aliphatic imine (C=N–C) groups is 2. The summed E-state index contributed by atoms with van der Waals surface area (Å²) in [5.74, 6) is -1.89. The normalized spacial score (nSPS) is 8.33. The van der Waals surface area contributed by atoms with Gasteiger partial charge < -0.3 is 0 Å². The maximum Gasteiger partial charge on any atom is 0.280 e. The Balaban J connectivity index is 4.25. The van der Waals surface area contributed by atoms with Crippen LogP contribution in [-0.4, -0.2) is 24.0 Å². The van der Waals surface area contributed by atoms with Crippen LogP contribution in [0.5, 0.6) is 0 Å². The predicted octanol–water partition coefficient (Wildman–Crippen LogP) is -0.733. The van der Waals surface area contributed by atoms with Crippen molar-refractivity contribution in [2.24, 2.45) is 9.98 Å². The van der Waals surface area contributed by atoms with Crippen molar-refractivity contribution in [3.8, 4) is 0 Å². The van der Waals surface area contributed by atoms with E-state index in [1.165, 1.54) is 0 Å². The first-order valence-corrected chi connectivity index (χ1v) is 2.62.